The largest absolute Gasteiger partial charge is 0.321 e. The van der Waals surface area contributed by atoms with Crippen LogP contribution in [-0.2, 0) is 7.05 Å². The van der Waals surface area contributed by atoms with E-state index in [2.05, 4.69) is 41.6 Å². The summed E-state index contributed by atoms with van der Waals surface area (Å²) < 4.78 is 3.51. The smallest absolute Gasteiger partial charge is 0.274 e. The first kappa shape index (κ1) is 18.3. The van der Waals surface area contributed by atoms with Crippen LogP contribution in [0.25, 0.3) is 17.1 Å². The summed E-state index contributed by atoms with van der Waals surface area (Å²) in [5.74, 6) is 0.0181. The lowest BCUT2D eigenvalue weighted by atomic mass is 10.1. The Balaban J connectivity index is 1.64. The predicted molar refractivity (Wildman–Crippen MR) is 108 cm³/mol. The van der Waals surface area contributed by atoms with Crippen molar-refractivity contribution in [3.05, 3.63) is 70.2 Å². The fourth-order valence-electron chi connectivity index (χ4n) is 2.64. The molecular weight excluding hydrogens is 446 g/mol. The Morgan fingerprint density at radius 3 is 2.82 bits per heavy atom. The number of hydrogen-bond donors (Lipinski definition) is 1. The normalized spacial score (nSPS) is 10.8. The standard InChI is InChI=1S/C18H13BrClN7O/c1-26-10-14(23-25-26)11-4-2-5-12(8-11)22-18(28)15-9-16(19)24-27(15)17-13(20)6-3-7-21-17/h2-10H,1H3,(H,22,28). The highest BCUT2D eigenvalue weighted by molar-refractivity contribution is 9.10. The molecule has 0 spiro atoms. The van der Waals surface area contributed by atoms with Crippen LogP contribution in [0.4, 0.5) is 5.69 Å². The summed E-state index contributed by atoms with van der Waals surface area (Å²) in [6.45, 7) is 0. The van der Waals surface area contributed by atoms with Gasteiger partial charge in [-0.2, -0.15) is 5.10 Å². The highest BCUT2D eigenvalue weighted by atomic mass is 79.9. The van der Waals surface area contributed by atoms with E-state index in [1.807, 2.05) is 18.2 Å². The Hall–Kier alpha value is -3.04. The van der Waals surface area contributed by atoms with Crippen molar-refractivity contribution in [1.82, 2.24) is 29.8 Å². The van der Waals surface area contributed by atoms with Crippen molar-refractivity contribution >= 4 is 39.1 Å². The molecular formula is C18H13BrClN7O. The Kier molecular flexibility index (Phi) is 4.93. The third kappa shape index (κ3) is 3.67. The molecule has 0 radical (unpaired) electrons. The van der Waals surface area contributed by atoms with Crippen molar-refractivity contribution in [1.29, 1.82) is 0 Å². The van der Waals surface area contributed by atoms with E-state index in [0.717, 1.165) is 5.56 Å². The van der Waals surface area contributed by atoms with Gasteiger partial charge in [0.15, 0.2) is 5.82 Å². The van der Waals surface area contributed by atoms with E-state index < -0.39 is 0 Å². The minimum absolute atomic E-state index is 0.289. The first-order chi connectivity index (χ1) is 13.5. The number of pyridine rings is 1. The van der Waals surface area contributed by atoms with Crippen molar-refractivity contribution in [3.63, 3.8) is 0 Å². The van der Waals surface area contributed by atoms with Crippen LogP contribution in [0.1, 0.15) is 10.5 Å². The summed E-state index contributed by atoms with van der Waals surface area (Å²) in [6, 6.07) is 12.4. The number of anilines is 1. The van der Waals surface area contributed by atoms with Gasteiger partial charge in [-0.25, -0.2) is 9.67 Å². The molecule has 0 bridgehead atoms. The zero-order chi connectivity index (χ0) is 19.7. The van der Waals surface area contributed by atoms with Gasteiger partial charge in [-0.1, -0.05) is 28.9 Å². The van der Waals surface area contributed by atoms with Crippen molar-refractivity contribution < 1.29 is 4.79 Å². The molecule has 1 amide bonds. The Labute approximate surface area is 173 Å². The van der Waals surface area contributed by atoms with Gasteiger partial charge in [0, 0.05) is 30.6 Å². The van der Waals surface area contributed by atoms with Crippen LogP contribution in [0.2, 0.25) is 5.02 Å². The lowest BCUT2D eigenvalue weighted by Gasteiger charge is -2.09. The molecule has 10 heteroatoms. The molecule has 0 aliphatic heterocycles. The van der Waals surface area contributed by atoms with Gasteiger partial charge in [-0.05, 0) is 40.2 Å². The van der Waals surface area contributed by atoms with E-state index in [1.54, 1.807) is 48.4 Å². The number of halogens is 2. The van der Waals surface area contributed by atoms with Gasteiger partial charge in [0.2, 0.25) is 0 Å². The Bertz CT molecular complexity index is 1170. The average molecular weight is 459 g/mol. The van der Waals surface area contributed by atoms with E-state index in [-0.39, 0.29) is 11.6 Å². The molecule has 0 unspecified atom stereocenters. The Morgan fingerprint density at radius 2 is 2.07 bits per heavy atom. The van der Waals surface area contributed by atoms with Crippen molar-refractivity contribution in [2.24, 2.45) is 7.05 Å². The number of rotatable bonds is 4. The second-order valence-electron chi connectivity index (χ2n) is 5.89. The second-order valence-corrected chi connectivity index (χ2v) is 7.10. The van der Waals surface area contributed by atoms with Crippen molar-refractivity contribution in [2.75, 3.05) is 5.32 Å². The van der Waals surface area contributed by atoms with E-state index in [1.165, 1.54) is 4.68 Å². The number of benzene rings is 1. The molecule has 0 aliphatic rings. The molecule has 28 heavy (non-hydrogen) atoms. The SMILES string of the molecule is Cn1cc(-c2cccc(NC(=O)c3cc(Br)nn3-c3ncccc3Cl)c2)nn1. The Morgan fingerprint density at radius 1 is 1.21 bits per heavy atom. The average Bonchev–Trinajstić information content (AvgIpc) is 3.28. The minimum Gasteiger partial charge on any atom is -0.321 e. The minimum atomic E-state index is -0.351. The number of hydrogen-bond acceptors (Lipinski definition) is 5. The van der Waals surface area contributed by atoms with Crippen LogP contribution in [0.3, 0.4) is 0 Å². The maximum atomic E-state index is 12.9. The van der Waals surface area contributed by atoms with Crippen LogP contribution in [0.15, 0.2) is 59.5 Å². The van der Waals surface area contributed by atoms with Crippen LogP contribution in [0.5, 0.6) is 0 Å². The number of carbonyl (C=O) groups is 1. The van der Waals surface area contributed by atoms with Crippen LogP contribution in [-0.4, -0.2) is 35.7 Å². The van der Waals surface area contributed by atoms with Gasteiger partial charge >= 0.3 is 0 Å². The molecule has 4 aromatic rings. The zero-order valence-electron chi connectivity index (χ0n) is 14.5. The molecule has 140 valence electrons. The lowest BCUT2D eigenvalue weighted by molar-refractivity contribution is 0.101. The number of aromatic nitrogens is 6. The molecule has 8 nitrogen and oxygen atoms in total. The molecule has 3 heterocycles. The maximum absolute atomic E-state index is 12.9. The zero-order valence-corrected chi connectivity index (χ0v) is 16.9. The predicted octanol–water partition coefficient (Wildman–Crippen LogP) is 3.73. The molecule has 0 fully saturated rings. The van der Waals surface area contributed by atoms with Gasteiger partial charge in [-0.3, -0.25) is 9.48 Å². The molecule has 0 aliphatic carbocycles. The molecule has 1 N–H and O–H groups in total. The maximum Gasteiger partial charge on any atom is 0.274 e. The highest BCUT2D eigenvalue weighted by Crippen LogP contribution is 2.23. The summed E-state index contributed by atoms with van der Waals surface area (Å²) in [6.07, 6.45) is 3.39. The topological polar surface area (TPSA) is 90.5 Å². The number of nitrogens with zero attached hydrogens (tertiary/aromatic N) is 6. The van der Waals surface area contributed by atoms with E-state index in [9.17, 15) is 4.79 Å². The van der Waals surface area contributed by atoms with E-state index >= 15 is 0 Å². The van der Waals surface area contributed by atoms with Crippen LogP contribution in [0, 0.1) is 0 Å². The first-order valence-corrected chi connectivity index (χ1v) is 9.33. The molecule has 4 rings (SSSR count). The molecule has 0 atom stereocenters. The number of aryl methyl sites for hydroxylation is 1. The summed E-state index contributed by atoms with van der Waals surface area (Å²) in [4.78, 5) is 17.1. The number of nitrogens with one attached hydrogen (secondary N) is 1. The summed E-state index contributed by atoms with van der Waals surface area (Å²) in [5, 5.41) is 15.6. The van der Waals surface area contributed by atoms with Gasteiger partial charge < -0.3 is 5.32 Å². The van der Waals surface area contributed by atoms with Crippen LogP contribution >= 0.6 is 27.5 Å². The van der Waals surface area contributed by atoms with Crippen molar-refractivity contribution in [3.8, 4) is 17.1 Å². The van der Waals surface area contributed by atoms with Gasteiger partial charge in [-0.15, -0.1) is 5.10 Å². The highest BCUT2D eigenvalue weighted by Gasteiger charge is 2.19. The van der Waals surface area contributed by atoms with Gasteiger partial charge in [0.1, 0.15) is 16.0 Å². The number of amides is 1. The monoisotopic (exact) mass is 457 g/mol. The summed E-state index contributed by atoms with van der Waals surface area (Å²) in [5.41, 5.74) is 2.46. The first-order valence-electron chi connectivity index (χ1n) is 8.16. The molecule has 0 saturated carbocycles. The second kappa shape index (κ2) is 7.53. The number of carbonyl (C=O) groups excluding carboxylic acids is 1. The fraction of sp³-hybridized carbons (Fsp3) is 0.0556. The quantitative estimate of drug-likeness (QED) is 0.503. The third-order valence-corrected chi connectivity index (χ3v) is 4.55. The van der Waals surface area contributed by atoms with E-state index in [4.69, 9.17) is 11.6 Å². The van der Waals surface area contributed by atoms with Crippen LogP contribution < -0.4 is 5.32 Å². The lowest BCUT2D eigenvalue weighted by Crippen LogP contribution is -2.17. The fourth-order valence-corrected chi connectivity index (χ4v) is 3.22. The van der Waals surface area contributed by atoms with Gasteiger partial charge in [0.25, 0.3) is 5.91 Å². The summed E-state index contributed by atoms with van der Waals surface area (Å²) >= 11 is 9.51. The third-order valence-electron chi connectivity index (χ3n) is 3.87. The molecule has 3 aromatic heterocycles. The molecule has 0 saturated heterocycles. The summed E-state index contributed by atoms with van der Waals surface area (Å²) in [7, 11) is 1.80. The molecule has 1 aromatic carbocycles. The van der Waals surface area contributed by atoms with Crippen molar-refractivity contribution in [2.45, 2.75) is 0 Å². The van der Waals surface area contributed by atoms with E-state index in [0.29, 0.717) is 26.8 Å². The van der Waals surface area contributed by atoms with Gasteiger partial charge in [0.05, 0.1) is 11.2 Å².